The van der Waals surface area contributed by atoms with Crippen molar-refractivity contribution in [1.82, 2.24) is 10.2 Å². The molecule has 2 heterocycles. The molecule has 0 saturated carbocycles. The summed E-state index contributed by atoms with van der Waals surface area (Å²) in [4.78, 5) is 27.0. The van der Waals surface area contributed by atoms with E-state index in [2.05, 4.69) is 10.2 Å². The Balaban J connectivity index is 1.45. The molecule has 0 radical (unpaired) electrons. The molecule has 29 heavy (non-hydrogen) atoms. The van der Waals surface area contributed by atoms with Crippen LogP contribution in [0.3, 0.4) is 0 Å². The topological polar surface area (TPSA) is 71.8 Å². The second-order valence-electron chi connectivity index (χ2n) is 7.37. The fourth-order valence-electron chi connectivity index (χ4n) is 3.57. The standard InChI is InChI=1S/C23H30N2O4/c1-2-15-28-19-9-7-18(8-10-19)21(26)11-12-23(27)24-17-20(22-6-5-16-29-22)25-13-3-4-14-25/h5-10,16,20H,2-4,11-15,17H2,1H3,(H,24,27). The van der Waals surface area contributed by atoms with Crippen LogP contribution in [0.4, 0.5) is 0 Å². The van der Waals surface area contributed by atoms with Crippen molar-refractivity contribution >= 4 is 11.7 Å². The van der Waals surface area contributed by atoms with Crippen LogP contribution in [-0.2, 0) is 4.79 Å². The smallest absolute Gasteiger partial charge is 0.220 e. The van der Waals surface area contributed by atoms with E-state index in [0.717, 1.165) is 31.0 Å². The molecule has 1 aliphatic rings. The van der Waals surface area contributed by atoms with Gasteiger partial charge in [0.1, 0.15) is 11.5 Å². The molecule has 1 saturated heterocycles. The van der Waals surface area contributed by atoms with E-state index in [1.807, 2.05) is 19.1 Å². The Bertz CT molecular complexity index is 765. The number of hydrogen-bond donors (Lipinski definition) is 1. The number of hydrogen-bond acceptors (Lipinski definition) is 5. The van der Waals surface area contributed by atoms with E-state index in [1.165, 1.54) is 12.8 Å². The van der Waals surface area contributed by atoms with Crippen LogP contribution in [0.5, 0.6) is 5.75 Å². The zero-order valence-corrected chi connectivity index (χ0v) is 17.1. The summed E-state index contributed by atoms with van der Waals surface area (Å²) in [6.45, 7) is 5.22. The predicted molar refractivity (Wildman–Crippen MR) is 111 cm³/mol. The monoisotopic (exact) mass is 398 g/mol. The van der Waals surface area contributed by atoms with Crippen molar-refractivity contribution in [2.45, 2.75) is 45.1 Å². The number of rotatable bonds is 11. The highest BCUT2D eigenvalue weighted by atomic mass is 16.5. The first-order valence-corrected chi connectivity index (χ1v) is 10.5. The first-order valence-electron chi connectivity index (χ1n) is 10.5. The third-order valence-corrected chi connectivity index (χ3v) is 5.17. The summed E-state index contributed by atoms with van der Waals surface area (Å²) in [5.41, 5.74) is 0.604. The number of Topliss-reactive ketones (excluding diaryl/α,β-unsaturated/α-hetero) is 1. The number of ketones is 1. The molecule has 6 nitrogen and oxygen atoms in total. The van der Waals surface area contributed by atoms with Gasteiger partial charge in [0.25, 0.3) is 0 Å². The van der Waals surface area contributed by atoms with Crippen LogP contribution < -0.4 is 10.1 Å². The zero-order chi connectivity index (χ0) is 20.5. The van der Waals surface area contributed by atoms with Gasteiger partial charge in [0.2, 0.25) is 5.91 Å². The minimum atomic E-state index is -0.114. The van der Waals surface area contributed by atoms with E-state index in [9.17, 15) is 9.59 Å². The van der Waals surface area contributed by atoms with Crippen molar-refractivity contribution in [3.8, 4) is 5.75 Å². The van der Waals surface area contributed by atoms with Crippen molar-refractivity contribution in [2.75, 3.05) is 26.2 Å². The van der Waals surface area contributed by atoms with E-state index in [4.69, 9.17) is 9.15 Å². The third-order valence-electron chi connectivity index (χ3n) is 5.17. The minimum Gasteiger partial charge on any atom is -0.494 e. The molecule has 156 valence electrons. The SMILES string of the molecule is CCCOc1ccc(C(=O)CCC(=O)NCC(c2ccco2)N2CCCC2)cc1. The molecule has 6 heteroatoms. The summed E-state index contributed by atoms with van der Waals surface area (Å²) >= 11 is 0. The van der Waals surface area contributed by atoms with E-state index in [0.29, 0.717) is 18.7 Å². The largest absolute Gasteiger partial charge is 0.494 e. The van der Waals surface area contributed by atoms with Crippen LogP contribution in [0.25, 0.3) is 0 Å². The first-order chi connectivity index (χ1) is 14.2. The molecular weight excluding hydrogens is 368 g/mol. The summed E-state index contributed by atoms with van der Waals surface area (Å²) in [6, 6.07) is 11.0. The molecule has 0 aliphatic carbocycles. The van der Waals surface area contributed by atoms with Crippen molar-refractivity contribution in [1.29, 1.82) is 0 Å². The maximum absolute atomic E-state index is 12.4. The lowest BCUT2D eigenvalue weighted by Gasteiger charge is -2.26. The quantitative estimate of drug-likeness (QED) is 0.580. The Morgan fingerprint density at radius 2 is 1.90 bits per heavy atom. The lowest BCUT2D eigenvalue weighted by molar-refractivity contribution is -0.121. The number of ether oxygens (including phenoxy) is 1. The number of furan rings is 1. The van der Waals surface area contributed by atoms with Gasteiger partial charge in [0.15, 0.2) is 5.78 Å². The van der Waals surface area contributed by atoms with Crippen LogP contribution in [0, 0.1) is 0 Å². The second-order valence-corrected chi connectivity index (χ2v) is 7.37. The predicted octanol–water partition coefficient (Wildman–Crippen LogP) is 3.98. The Morgan fingerprint density at radius 3 is 2.55 bits per heavy atom. The van der Waals surface area contributed by atoms with Gasteiger partial charge in [-0.3, -0.25) is 14.5 Å². The Labute approximate surface area is 172 Å². The first kappa shape index (κ1) is 21.1. The molecule has 1 aliphatic heterocycles. The molecule has 0 bridgehead atoms. The average molecular weight is 399 g/mol. The zero-order valence-electron chi connectivity index (χ0n) is 17.1. The summed E-state index contributed by atoms with van der Waals surface area (Å²) < 4.78 is 11.1. The van der Waals surface area contributed by atoms with Crippen molar-refractivity contribution in [3.63, 3.8) is 0 Å². The molecule has 1 N–H and O–H groups in total. The summed E-state index contributed by atoms with van der Waals surface area (Å²) in [7, 11) is 0. The molecule has 1 atom stereocenters. The molecule has 2 aromatic rings. The highest BCUT2D eigenvalue weighted by molar-refractivity contribution is 5.98. The molecule has 0 spiro atoms. The van der Waals surface area contributed by atoms with Gasteiger partial charge in [-0.2, -0.15) is 0 Å². The summed E-state index contributed by atoms with van der Waals surface area (Å²) in [5, 5.41) is 2.97. The van der Waals surface area contributed by atoms with Crippen LogP contribution >= 0.6 is 0 Å². The van der Waals surface area contributed by atoms with Gasteiger partial charge >= 0.3 is 0 Å². The fourth-order valence-corrected chi connectivity index (χ4v) is 3.57. The maximum Gasteiger partial charge on any atom is 0.220 e. The number of likely N-dealkylation sites (tertiary alicyclic amines) is 1. The van der Waals surface area contributed by atoms with Gasteiger partial charge in [0, 0.05) is 24.9 Å². The average Bonchev–Trinajstić information content (AvgIpc) is 3.46. The Kier molecular flexibility index (Phi) is 7.87. The van der Waals surface area contributed by atoms with Crippen LogP contribution in [0.1, 0.15) is 61.2 Å². The van der Waals surface area contributed by atoms with Crippen LogP contribution in [-0.4, -0.2) is 42.8 Å². The molecule has 1 fully saturated rings. The number of amides is 1. The lowest BCUT2D eigenvalue weighted by atomic mass is 10.1. The normalized spacial score (nSPS) is 15.2. The van der Waals surface area contributed by atoms with Crippen molar-refractivity contribution in [3.05, 3.63) is 54.0 Å². The van der Waals surface area contributed by atoms with Gasteiger partial charge < -0.3 is 14.5 Å². The van der Waals surface area contributed by atoms with Crippen LogP contribution in [0.15, 0.2) is 47.1 Å². The highest BCUT2D eigenvalue weighted by Gasteiger charge is 2.25. The van der Waals surface area contributed by atoms with Crippen molar-refractivity contribution < 1.29 is 18.7 Å². The number of carbonyl (C=O) groups is 2. The fraction of sp³-hybridized carbons (Fsp3) is 0.478. The maximum atomic E-state index is 12.4. The molecular formula is C23H30N2O4. The van der Waals surface area contributed by atoms with E-state index in [-0.39, 0.29) is 30.6 Å². The Hall–Kier alpha value is -2.60. The number of nitrogens with one attached hydrogen (secondary N) is 1. The molecule has 1 unspecified atom stereocenters. The highest BCUT2D eigenvalue weighted by Crippen LogP contribution is 2.25. The van der Waals surface area contributed by atoms with Gasteiger partial charge in [0.05, 0.1) is 18.9 Å². The van der Waals surface area contributed by atoms with E-state index < -0.39 is 0 Å². The number of carbonyl (C=O) groups excluding carboxylic acids is 2. The lowest BCUT2D eigenvalue weighted by Crippen LogP contribution is -2.36. The molecule has 1 amide bonds. The van der Waals surface area contributed by atoms with Gasteiger partial charge in [-0.15, -0.1) is 0 Å². The minimum absolute atomic E-state index is 0.0377. The summed E-state index contributed by atoms with van der Waals surface area (Å²) in [6.07, 6.45) is 5.31. The van der Waals surface area contributed by atoms with Gasteiger partial charge in [-0.1, -0.05) is 6.92 Å². The van der Waals surface area contributed by atoms with E-state index in [1.54, 1.807) is 30.5 Å². The van der Waals surface area contributed by atoms with Gasteiger partial charge in [-0.25, -0.2) is 0 Å². The van der Waals surface area contributed by atoms with Crippen molar-refractivity contribution in [2.24, 2.45) is 0 Å². The third kappa shape index (κ3) is 6.19. The Morgan fingerprint density at radius 1 is 1.14 bits per heavy atom. The molecule has 1 aromatic carbocycles. The van der Waals surface area contributed by atoms with Crippen LogP contribution in [0.2, 0.25) is 0 Å². The molecule has 1 aromatic heterocycles. The number of benzene rings is 1. The number of nitrogens with zero attached hydrogens (tertiary/aromatic N) is 1. The van der Waals surface area contributed by atoms with Gasteiger partial charge in [-0.05, 0) is 68.8 Å². The second kappa shape index (κ2) is 10.8. The van der Waals surface area contributed by atoms with E-state index >= 15 is 0 Å². The summed E-state index contributed by atoms with van der Waals surface area (Å²) in [5.74, 6) is 1.47. The molecule has 3 rings (SSSR count).